The number of hydrogen-bond donors (Lipinski definition) is 1. The van der Waals surface area contributed by atoms with E-state index in [1.807, 2.05) is 56.3 Å². The van der Waals surface area contributed by atoms with Crippen LogP contribution in [0.25, 0.3) is 0 Å². The Hall–Kier alpha value is -2.34. The molecule has 2 rings (SSSR count). The van der Waals surface area contributed by atoms with Gasteiger partial charge in [-0.25, -0.2) is 8.42 Å². The minimum atomic E-state index is -3.54. The van der Waals surface area contributed by atoms with E-state index in [1.54, 1.807) is 12.1 Å². The predicted molar refractivity (Wildman–Crippen MR) is 101 cm³/mol. The van der Waals surface area contributed by atoms with E-state index < -0.39 is 10.0 Å². The van der Waals surface area contributed by atoms with Gasteiger partial charge in [0.25, 0.3) is 0 Å². The zero-order valence-corrected chi connectivity index (χ0v) is 15.6. The molecule has 0 aliphatic carbocycles. The zero-order chi connectivity index (χ0) is 18.4. The van der Waals surface area contributed by atoms with Gasteiger partial charge >= 0.3 is 0 Å². The Kier molecular flexibility index (Phi) is 6.20. The number of aryl methyl sites for hydroxylation is 1. The van der Waals surface area contributed by atoms with E-state index in [1.165, 1.54) is 0 Å². The summed E-state index contributed by atoms with van der Waals surface area (Å²) in [6.45, 7) is 4.16. The van der Waals surface area contributed by atoms with Crippen LogP contribution in [0.5, 0.6) is 0 Å². The first kappa shape index (κ1) is 19.0. The number of nitrogens with one attached hydrogen (secondary N) is 1. The van der Waals surface area contributed by atoms with Crippen LogP contribution in [0, 0.1) is 6.92 Å². The fourth-order valence-corrected chi connectivity index (χ4v) is 3.32. The molecule has 2 aromatic rings. The molecular weight excluding hydrogens is 336 g/mol. The molecule has 0 saturated heterocycles. The molecule has 1 atom stereocenters. The Bertz CT molecular complexity index is 802. The van der Waals surface area contributed by atoms with Gasteiger partial charge in [0.2, 0.25) is 15.9 Å². The molecular formula is C19H24N2O3S. The van der Waals surface area contributed by atoms with Gasteiger partial charge in [-0.2, -0.15) is 0 Å². The van der Waals surface area contributed by atoms with Crippen molar-refractivity contribution in [2.45, 2.75) is 19.8 Å². The van der Waals surface area contributed by atoms with Crippen molar-refractivity contribution < 1.29 is 13.2 Å². The monoisotopic (exact) mass is 360 g/mol. The third kappa shape index (κ3) is 5.60. The molecule has 1 N–H and O–H groups in total. The summed E-state index contributed by atoms with van der Waals surface area (Å²) in [4.78, 5) is 12.3. The van der Waals surface area contributed by atoms with Crippen molar-refractivity contribution in [3.05, 3.63) is 65.7 Å². The Morgan fingerprint density at radius 3 is 2.24 bits per heavy atom. The third-order valence-electron chi connectivity index (χ3n) is 3.98. The maximum absolute atomic E-state index is 12.3. The van der Waals surface area contributed by atoms with Crippen LogP contribution in [-0.4, -0.2) is 33.7 Å². The van der Waals surface area contributed by atoms with Gasteiger partial charge in [-0.05, 0) is 30.5 Å². The van der Waals surface area contributed by atoms with Gasteiger partial charge in [-0.3, -0.25) is 9.10 Å². The first-order chi connectivity index (χ1) is 11.8. The van der Waals surface area contributed by atoms with Crippen LogP contribution < -0.4 is 9.62 Å². The molecule has 0 heterocycles. The second-order valence-corrected chi connectivity index (χ2v) is 8.13. The number of anilines is 1. The summed E-state index contributed by atoms with van der Waals surface area (Å²) in [6.07, 6.45) is 1.10. The number of carbonyl (C=O) groups excluding carboxylic acids is 1. The molecule has 0 fully saturated rings. The van der Waals surface area contributed by atoms with E-state index in [4.69, 9.17) is 0 Å². The molecule has 0 aliphatic heterocycles. The van der Waals surface area contributed by atoms with Crippen LogP contribution >= 0.6 is 0 Å². The number of carbonyl (C=O) groups is 1. The van der Waals surface area contributed by atoms with Gasteiger partial charge in [0.15, 0.2) is 0 Å². The summed E-state index contributed by atoms with van der Waals surface area (Å²) < 4.78 is 25.2. The van der Waals surface area contributed by atoms with Crippen molar-refractivity contribution in [1.82, 2.24) is 5.32 Å². The topological polar surface area (TPSA) is 66.5 Å². The summed E-state index contributed by atoms with van der Waals surface area (Å²) in [6, 6.07) is 16.9. The van der Waals surface area contributed by atoms with E-state index in [9.17, 15) is 13.2 Å². The van der Waals surface area contributed by atoms with Gasteiger partial charge in [-0.1, -0.05) is 55.0 Å². The Labute approximate surface area is 149 Å². The molecule has 0 aliphatic rings. The quantitative estimate of drug-likeness (QED) is 0.825. The van der Waals surface area contributed by atoms with Crippen molar-refractivity contribution in [3.8, 4) is 0 Å². The van der Waals surface area contributed by atoms with Crippen molar-refractivity contribution in [2.75, 3.05) is 23.7 Å². The summed E-state index contributed by atoms with van der Waals surface area (Å²) in [5, 5.41) is 2.82. The highest BCUT2D eigenvalue weighted by Crippen LogP contribution is 2.18. The molecule has 134 valence electrons. The SMILES string of the molecule is Cc1ccc(N(CC(=O)NC[C@@H](C)c2ccccc2)S(C)(=O)=O)cc1. The minimum absolute atomic E-state index is 0.149. The van der Waals surface area contributed by atoms with Gasteiger partial charge in [0.1, 0.15) is 6.54 Å². The Morgan fingerprint density at radius 2 is 1.68 bits per heavy atom. The first-order valence-corrected chi connectivity index (χ1v) is 9.98. The number of rotatable bonds is 7. The fourth-order valence-electron chi connectivity index (χ4n) is 2.46. The second-order valence-electron chi connectivity index (χ2n) is 6.22. The Balaban J connectivity index is 2.01. The number of hydrogen-bond acceptors (Lipinski definition) is 3. The van der Waals surface area contributed by atoms with Gasteiger partial charge in [0.05, 0.1) is 11.9 Å². The van der Waals surface area contributed by atoms with E-state index in [2.05, 4.69) is 5.32 Å². The van der Waals surface area contributed by atoms with Crippen LogP contribution in [-0.2, 0) is 14.8 Å². The van der Waals surface area contributed by atoms with E-state index in [0.717, 1.165) is 21.7 Å². The summed E-state index contributed by atoms with van der Waals surface area (Å²) in [5.74, 6) is -0.176. The van der Waals surface area contributed by atoms with Crippen molar-refractivity contribution in [3.63, 3.8) is 0 Å². The standard InChI is InChI=1S/C19H24N2O3S/c1-15-9-11-18(12-10-15)21(25(3,23)24)14-19(22)20-13-16(2)17-7-5-4-6-8-17/h4-12,16H,13-14H2,1-3H3,(H,20,22)/t16-/m1/s1. The van der Waals surface area contributed by atoms with Crippen molar-refractivity contribution in [1.29, 1.82) is 0 Å². The van der Waals surface area contributed by atoms with Crippen LogP contribution in [0.4, 0.5) is 5.69 Å². The van der Waals surface area contributed by atoms with E-state index in [-0.39, 0.29) is 18.4 Å². The number of benzene rings is 2. The van der Waals surface area contributed by atoms with E-state index >= 15 is 0 Å². The summed E-state index contributed by atoms with van der Waals surface area (Å²) >= 11 is 0. The lowest BCUT2D eigenvalue weighted by Gasteiger charge is -2.22. The van der Waals surface area contributed by atoms with Crippen molar-refractivity contribution >= 4 is 21.6 Å². The molecule has 0 unspecified atom stereocenters. The molecule has 6 heteroatoms. The van der Waals surface area contributed by atoms with Gasteiger partial charge in [0, 0.05) is 6.54 Å². The lowest BCUT2D eigenvalue weighted by Crippen LogP contribution is -2.41. The normalized spacial score (nSPS) is 12.4. The first-order valence-electron chi connectivity index (χ1n) is 8.13. The molecule has 0 radical (unpaired) electrons. The van der Waals surface area contributed by atoms with Gasteiger partial charge in [-0.15, -0.1) is 0 Å². The number of sulfonamides is 1. The van der Waals surface area contributed by atoms with Crippen LogP contribution in [0.15, 0.2) is 54.6 Å². The Morgan fingerprint density at radius 1 is 1.08 bits per heavy atom. The fraction of sp³-hybridized carbons (Fsp3) is 0.316. The average Bonchev–Trinajstić information content (AvgIpc) is 2.58. The second kappa shape index (κ2) is 8.16. The molecule has 0 aromatic heterocycles. The summed E-state index contributed by atoms with van der Waals surface area (Å²) in [5.41, 5.74) is 2.64. The highest BCUT2D eigenvalue weighted by Gasteiger charge is 2.21. The van der Waals surface area contributed by atoms with E-state index in [0.29, 0.717) is 12.2 Å². The molecule has 5 nitrogen and oxygen atoms in total. The largest absolute Gasteiger partial charge is 0.354 e. The average molecular weight is 360 g/mol. The molecule has 0 spiro atoms. The maximum atomic E-state index is 12.3. The van der Waals surface area contributed by atoms with Crippen LogP contribution in [0.1, 0.15) is 24.0 Å². The molecule has 2 aromatic carbocycles. The van der Waals surface area contributed by atoms with Gasteiger partial charge < -0.3 is 5.32 Å². The molecule has 0 bridgehead atoms. The molecule has 1 amide bonds. The zero-order valence-electron chi connectivity index (χ0n) is 14.8. The van der Waals surface area contributed by atoms with Crippen LogP contribution in [0.2, 0.25) is 0 Å². The highest BCUT2D eigenvalue weighted by molar-refractivity contribution is 7.92. The van der Waals surface area contributed by atoms with Crippen LogP contribution in [0.3, 0.4) is 0 Å². The molecule has 0 saturated carbocycles. The molecule has 25 heavy (non-hydrogen) atoms. The lowest BCUT2D eigenvalue weighted by molar-refractivity contribution is -0.119. The predicted octanol–water partition coefficient (Wildman–Crippen LogP) is 2.68. The summed E-state index contributed by atoms with van der Waals surface area (Å²) in [7, 11) is -3.54. The highest BCUT2D eigenvalue weighted by atomic mass is 32.2. The smallest absolute Gasteiger partial charge is 0.240 e. The van der Waals surface area contributed by atoms with Crippen molar-refractivity contribution in [2.24, 2.45) is 0 Å². The minimum Gasteiger partial charge on any atom is -0.354 e. The lowest BCUT2D eigenvalue weighted by atomic mass is 10.0. The number of nitrogens with zero attached hydrogens (tertiary/aromatic N) is 1. The number of amides is 1. The third-order valence-corrected chi connectivity index (χ3v) is 5.12. The maximum Gasteiger partial charge on any atom is 0.240 e.